The molecule has 0 saturated carbocycles. The molecule has 1 amide bonds. The average molecular weight is 256 g/mol. The Morgan fingerprint density at radius 1 is 1.37 bits per heavy atom. The van der Waals surface area contributed by atoms with Crippen molar-refractivity contribution in [3.05, 3.63) is 42.1 Å². The van der Waals surface area contributed by atoms with Gasteiger partial charge in [0.15, 0.2) is 0 Å². The molecule has 98 valence electrons. The number of aromatic nitrogens is 1. The molecule has 4 nitrogen and oxygen atoms in total. The van der Waals surface area contributed by atoms with E-state index in [0.717, 1.165) is 16.5 Å². The summed E-state index contributed by atoms with van der Waals surface area (Å²) < 4.78 is 0. The van der Waals surface area contributed by atoms with Gasteiger partial charge in [-0.3, -0.25) is 9.78 Å². The number of pyridine rings is 1. The molecule has 3 rings (SSSR count). The number of carbonyl (C=O) groups excluding carboxylic acids is 1. The first-order valence-corrected chi connectivity index (χ1v) is 6.48. The van der Waals surface area contributed by atoms with E-state index in [1.807, 2.05) is 30.5 Å². The third kappa shape index (κ3) is 2.44. The van der Waals surface area contributed by atoms with Crippen LogP contribution in [0.2, 0.25) is 0 Å². The van der Waals surface area contributed by atoms with Crippen LogP contribution in [0, 0.1) is 5.92 Å². The lowest BCUT2D eigenvalue weighted by molar-refractivity contribution is -0.128. The number of rotatable bonds is 3. The molecule has 1 saturated heterocycles. The number of aliphatic hydroxyl groups excluding tert-OH is 1. The molecule has 0 bridgehead atoms. The number of hydrogen-bond donors (Lipinski definition) is 1. The third-order valence-electron chi connectivity index (χ3n) is 3.57. The van der Waals surface area contributed by atoms with E-state index >= 15 is 0 Å². The van der Waals surface area contributed by atoms with Gasteiger partial charge in [-0.2, -0.15) is 0 Å². The minimum absolute atomic E-state index is 0.0816. The van der Waals surface area contributed by atoms with Crippen LogP contribution in [0.3, 0.4) is 0 Å². The summed E-state index contributed by atoms with van der Waals surface area (Å²) >= 11 is 0. The van der Waals surface area contributed by atoms with E-state index < -0.39 is 0 Å². The number of para-hydroxylation sites is 1. The fourth-order valence-corrected chi connectivity index (χ4v) is 2.55. The fourth-order valence-electron chi connectivity index (χ4n) is 2.55. The summed E-state index contributed by atoms with van der Waals surface area (Å²) in [7, 11) is 0. The number of hydrogen-bond acceptors (Lipinski definition) is 3. The van der Waals surface area contributed by atoms with Crippen molar-refractivity contribution < 1.29 is 9.90 Å². The molecule has 2 heterocycles. The maximum Gasteiger partial charge on any atom is 0.223 e. The summed E-state index contributed by atoms with van der Waals surface area (Å²) in [4.78, 5) is 18.0. The lowest BCUT2D eigenvalue weighted by Gasteiger charge is -2.16. The highest BCUT2D eigenvalue weighted by Crippen LogP contribution is 2.20. The van der Waals surface area contributed by atoms with E-state index in [-0.39, 0.29) is 18.4 Å². The van der Waals surface area contributed by atoms with E-state index in [1.54, 1.807) is 4.90 Å². The van der Waals surface area contributed by atoms with Crippen LogP contribution in [0.15, 0.2) is 36.5 Å². The van der Waals surface area contributed by atoms with Crippen molar-refractivity contribution in [2.75, 3.05) is 13.2 Å². The van der Waals surface area contributed by atoms with Gasteiger partial charge < -0.3 is 10.0 Å². The Labute approximate surface area is 111 Å². The molecule has 0 spiro atoms. The first kappa shape index (κ1) is 12.1. The average Bonchev–Trinajstić information content (AvgIpc) is 2.79. The van der Waals surface area contributed by atoms with Crippen LogP contribution in [-0.4, -0.2) is 34.0 Å². The lowest BCUT2D eigenvalue weighted by Crippen LogP contribution is -2.25. The summed E-state index contributed by atoms with van der Waals surface area (Å²) in [6.07, 6.45) is 2.28. The van der Waals surface area contributed by atoms with E-state index in [0.29, 0.717) is 19.5 Å². The van der Waals surface area contributed by atoms with Crippen molar-refractivity contribution in [2.24, 2.45) is 5.92 Å². The Balaban J connectivity index is 1.80. The lowest BCUT2D eigenvalue weighted by atomic mass is 10.1. The van der Waals surface area contributed by atoms with E-state index in [9.17, 15) is 4.79 Å². The Kier molecular flexibility index (Phi) is 3.17. The summed E-state index contributed by atoms with van der Waals surface area (Å²) in [6.45, 7) is 1.30. The molecule has 0 radical (unpaired) electrons. The Bertz CT molecular complexity index is 612. The minimum atomic E-state index is 0.0816. The highest BCUT2D eigenvalue weighted by atomic mass is 16.3. The van der Waals surface area contributed by atoms with Crippen LogP contribution in [0.5, 0.6) is 0 Å². The van der Waals surface area contributed by atoms with Crippen LogP contribution in [0.1, 0.15) is 12.0 Å². The van der Waals surface area contributed by atoms with E-state index in [2.05, 4.69) is 11.1 Å². The van der Waals surface area contributed by atoms with Gasteiger partial charge in [-0.15, -0.1) is 0 Å². The largest absolute Gasteiger partial charge is 0.396 e. The number of fused-ring (bicyclic) bond motifs is 1. The molecule has 1 N–H and O–H groups in total. The van der Waals surface area contributed by atoms with E-state index in [1.165, 1.54) is 0 Å². The molecular weight excluding hydrogens is 240 g/mol. The quantitative estimate of drug-likeness (QED) is 0.907. The molecule has 1 atom stereocenters. The van der Waals surface area contributed by atoms with Crippen molar-refractivity contribution in [3.8, 4) is 0 Å². The molecule has 0 aliphatic carbocycles. The smallest absolute Gasteiger partial charge is 0.223 e. The number of benzene rings is 1. The maximum absolute atomic E-state index is 11.8. The van der Waals surface area contributed by atoms with Crippen LogP contribution in [0.4, 0.5) is 0 Å². The second-order valence-electron chi connectivity index (χ2n) is 5.06. The van der Waals surface area contributed by atoms with Crippen LogP contribution in [-0.2, 0) is 11.3 Å². The first-order valence-electron chi connectivity index (χ1n) is 6.48. The number of carbonyl (C=O) groups is 1. The van der Waals surface area contributed by atoms with Gasteiger partial charge in [-0.25, -0.2) is 0 Å². The van der Waals surface area contributed by atoms with Crippen LogP contribution in [0.25, 0.3) is 10.9 Å². The van der Waals surface area contributed by atoms with Gasteiger partial charge in [-0.05, 0) is 17.7 Å². The van der Waals surface area contributed by atoms with Gasteiger partial charge in [-0.1, -0.05) is 18.2 Å². The molecule has 1 aromatic carbocycles. The van der Waals surface area contributed by atoms with Gasteiger partial charge in [0, 0.05) is 43.6 Å². The standard InChI is InChI=1S/C15H16N2O2/c18-10-12-6-15(19)17(9-12)8-11-5-13-3-1-2-4-14(13)16-7-11/h1-5,7,12,18H,6,8-10H2. The molecular formula is C15H16N2O2. The highest BCUT2D eigenvalue weighted by Gasteiger charge is 2.28. The van der Waals surface area contributed by atoms with Gasteiger partial charge in [0.1, 0.15) is 0 Å². The molecule has 1 aliphatic rings. The second kappa shape index (κ2) is 4.97. The summed E-state index contributed by atoms with van der Waals surface area (Å²) in [6, 6.07) is 10.0. The molecule has 2 aromatic rings. The Hall–Kier alpha value is -1.94. The summed E-state index contributed by atoms with van der Waals surface area (Å²) in [5, 5.41) is 10.2. The van der Waals surface area contributed by atoms with Gasteiger partial charge in [0.05, 0.1) is 5.52 Å². The second-order valence-corrected chi connectivity index (χ2v) is 5.06. The summed E-state index contributed by atoms with van der Waals surface area (Å²) in [5.74, 6) is 0.202. The molecule has 1 aromatic heterocycles. The maximum atomic E-state index is 11.8. The normalized spacial score (nSPS) is 19.3. The molecule has 1 unspecified atom stereocenters. The SMILES string of the molecule is O=C1CC(CO)CN1Cc1cnc2ccccc2c1. The Morgan fingerprint density at radius 3 is 3.00 bits per heavy atom. The summed E-state index contributed by atoms with van der Waals surface area (Å²) in [5.41, 5.74) is 2.00. The predicted octanol–water partition coefficient (Wildman–Crippen LogP) is 1.58. The monoisotopic (exact) mass is 256 g/mol. The first-order chi connectivity index (χ1) is 9.26. The molecule has 1 aliphatic heterocycles. The fraction of sp³-hybridized carbons (Fsp3) is 0.333. The van der Waals surface area contributed by atoms with Crippen molar-refractivity contribution in [3.63, 3.8) is 0 Å². The van der Waals surface area contributed by atoms with Crippen LogP contribution >= 0.6 is 0 Å². The van der Waals surface area contributed by atoms with Crippen molar-refractivity contribution >= 4 is 16.8 Å². The zero-order valence-electron chi connectivity index (χ0n) is 10.6. The Morgan fingerprint density at radius 2 is 2.21 bits per heavy atom. The number of amides is 1. The minimum Gasteiger partial charge on any atom is -0.396 e. The molecule has 1 fully saturated rings. The zero-order chi connectivity index (χ0) is 13.2. The van der Waals surface area contributed by atoms with Crippen molar-refractivity contribution in [2.45, 2.75) is 13.0 Å². The third-order valence-corrected chi connectivity index (χ3v) is 3.57. The highest BCUT2D eigenvalue weighted by molar-refractivity contribution is 5.80. The van der Waals surface area contributed by atoms with Gasteiger partial charge in [0.2, 0.25) is 5.91 Å². The zero-order valence-corrected chi connectivity index (χ0v) is 10.6. The van der Waals surface area contributed by atoms with Gasteiger partial charge in [0.25, 0.3) is 0 Å². The molecule has 4 heteroatoms. The number of aliphatic hydroxyl groups is 1. The predicted molar refractivity (Wildman–Crippen MR) is 72.4 cm³/mol. The van der Waals surface area contributed by atoms with Gasteiger partial charge >= 0.3 is 0 Å². The van der Waals surface area contributed by atoms with E-state index in [4.69, 9.17) is 5.11 Å². The van der Waals surface area contributed by atoms with Crippen LogP contribution < -0.4 is 0 Å². The number of nitrogens with zero attached hydrogens (tertiary/aromatic N) is 2. The molecule has 19 heavy (non-hydrogen) atoms. The van der Waals surface area contributed by atoms with Crippen molar-refractivity contribution in [1.82, 2.24) is 9.88 Å². The van der Waals surface area contributed by atoms with Crippen molar-refractivity contribution in [1.29, 1.82) is 0 Å². The topological polar surface area (TPSA) is 53.4 Å². The number of likely N-dealkylation sites (tertiary alicyclic amines) is 1.